The summed E-state index contributed by atoms with van der Waals surface area (Å²) in [5.74, 6) is 3.52. The zero-order valence-electron chi connectivity index (χ0n) is 23.3. The second-order valence-electron chi connectivity index (χ2n) is 12.7. The number of aliphatic hydroxyl groups excluding tert-OH is 1. The summed E-state index contributed by atoms with van der Waals surface area (Å²) < 4.78 is 4.87. The van der Waals surface area contributed by atoms with Gasteiger partial charge in [0.05, 0.1) is 13.2 Å². The topological polar surface area (TPSA) is 84.6 Å². The molecule has 3 fully saturated rings. The SMILES string of the molecule is CCCCC1C(C2CC[C@H]([C@H](C)CCC(=O)OC)C2)[C@H](O)C[C@H]2C[C@@H](NCCCCN)CC[C@]12C. The van der Waals surface area contributed by atoms with Crippen LogP contribution in [0, 0.1) is 40.9 Å². The van der Waals surface area contributed by atoms with E-state index in [9.17, 15) is 9.90 Å². The Morgan fingerprint density at radius 1 is 1.17 bits per heavy atom. The summed E-state index contributed by atoms with van der Waals surface area (Å²) in [6.07, 6.45) is 15.9. The first-order chi connectivity index (χ1) is 16.8. The van der Waals surface area contributed by atoms with Gasteiger partial charge in [-0.15, -0.1) is 0 Å². The molecule has 0 bridgehead atoms. The van der Waals surface area contributed by atoms with Crippen LogP contribution in [0.25, 0.3) is 0 Å². The molecule has 5 heteroatoms. The lowest BCUT2D eigenvalue weighted by Gasteiger charge is -2.58. The van der Waals surface area contributed by atoms with Gasteiger partial charge in [0.25, 0.3) is 0 Å². The number of methoxy groups -OCH3 is 1. The molecule has 0 aromatic heterocycles. The molecule has 3 saturated carbocycles. The van der Waals surface area contributed by atoms with Crippen LogP contribution in [0.5, 0.6) is 0 Å². The van der Waals surface area contributed by atoms with Gasteiger partial charge in [0, 0.05) is 12.5 Å². The van der Waals surface area contributed by atoms with Crippen molar-refractivity contribution < 1.29 is 14.6 Å². The Labute approximate surface area is 215 Å². The van der Waals surface area contributed by atoms with Gasteiger partial charge in [0.1, 0.15) is 0 Å². The Kier molecular flexibility index (Phi) is 11.4. The molecule has 3 rings (SSSR count). The summed E-state index contributed by atoms with van der Waals surface area (Å²) in [7, 11) is 1.48. The number of esters is 1. The minimum atomic E-state index is -0.153. The first-order valence-electron chi connectivity index (χ1n) is 15.0. The molecule has 0 aliphatic heterocycles. The number of nitrogens with one attached hydrogen (secondary N) is 1. The Morgan fingerprint density at radius 2 is 1.97 bits per heavy atom. The average Bonchev–Trinajstić information content (AvgIpc) is 3.33. The van der Waals surface area contributed by atoms with Crippen molar-refractivity contribution in [3.8, 4) is 0 Å². The Hall–Kier alpha value is -0.650. The fraction of sp³-hybridized carbons (Fsp3) is 0.967. The second kappa shape index (κ2) is 13.8. The van der Waals surface area contributed by atoms with Crippen molar-refractivity contribution in [2.24, 2.45) is 46.7 Å². The number of carbonyl (C=O) groups is 1. The van der Waals surface area contributed by atoms with Crippen LogP contribution in [-0.2, 0) is 9.53 Å². The fourth-order valence-corrected chi connectivity index (χ4v) is 8.38. The number of unbranched alkanes of at least 4 members (excludes halogenated alkanes) is 2. The first-order valence-corrected chi connectivity index (χ1v) is 15.0. The number of aliphatic hydroxyl groups is 1. The lowest BCUT2D eigenvalue weighted by Crippen LogP contribution is -2.55. The summed E-state index contributed by atoms with van der Waals surface area (Å²) in [4.78, 5) is 11.6. The van der Waals surface area contributed by atoms with Crippen LogP contribution in [-0.4, -0.2) is 43.4 Å². The van der Waals surface area contributed by atoms with Gasteiger partial charge in [0.2, 0.25) is 0 Å². The van der Waals surface area contributed by atoms with E-state index in [0.717, 1.165) is 32.4 Å². The summed E-state index contributed by atoms with van der Waals surface area (Å²) in [6, 6.07) is 0.605. The van der Waals surface area contributed by atoms with Crippen molar-refractivity contribution in [1.82, 2.24) is 5.32 Å². The third-order valence-electron chi connectivity index (χ3n) is 10.6. The highest BCUT2D eigenvalue weighted by Crippen LogP contribution is 2.60. The highest BCUT2D eigenvalue weighted by atomic mass is 16.5. The molecular formula is C30H56N2O3. The van der Waals surface area contributed by atoms with E-state index in [-0.39, 0.29) is 12.1 Å². The van der Waals surface area contributed by atoms with Crippen LogP contribution in [0.1, 0.15) is 111 Å². The third kappa shape index (κ3) is 7.23. The molecule has 0 aromatic carbocycles. The smallest absolute Gasteiger partial charge is 0.305 e. The van der Waals surface area contributed by atoms with Crippen LogP contribution in [0.2, 0.25) is 0 Å². The molecule has 9 atom stereocenters. The molecule has 35 heavy (non-hydrogen) atoms. The summed E-state index contributed by atoms with van der Waals surface area (Å²) >= 11 is 0. The zero-order valence-corrected chi connectivity index (χ0v) is 23.3. The molecule has 3 aliphatic rings. The maximum absolute atomic E-state index is 11.6. The molecule has 3 aliphatic carbocycles. The van der Waals surface area contributed by atoms with E-state index in [2.05, 4.69) is 26.1 Å². The van der Waals surface area contributed by atoms with Crippen molar-refractivity contribution in [3.05, 3.63) is 0 Å². The van der Waals surface area contributed by atoms with Crippen LogP contribution >= 0.6 is 0 Å². The number of hydrogen-bond donors (Lipinski definition) is 3. The van der Waals surface area contributed by atoms with Crippen molar-refractivity contribution in [1.29, 1.82) is 0 Å². The van der Waals surface area contributed by atoms with Crippen LogP contribution < -0.4 is 11.1 Å². The molecule has 0 saturated heterocycles. The van der Waals surface area contributed by atoms with E-state index in [1.54, 1.807) is 0 Å². The van der Waals surface area contributed by atoms with Gasteiger partial charge < -0.3 is 20.9 Å². The van der Waals surface area contributed by atoms with E-state index in [1.165, 1.54) is 71.3 Å². The molecule has 0 amide bonds. The maximum Gasteiger partial charge on any atom is 0.305 e. The van der Waals surface area contributed by atoms with Crippen molar-refractivity contribution in [2.75, 3.05) is 20.2 Å². The van der Waals surface area contributed by atoms with E-state index >= 15 is 0 Å². The minimum absolute atomic E-state index is 0.0860. The molecule has 0 heterocycles. The van der Waals surface area contributed by atoms with Crippen molar-refractivity contribution >= 4 is 5.97 Å². The first kappa shape index (κ1) is 28.9. The lowest BCUT2D eigenvalue weighted by molar-refractivity contribution is -0.141. The van der Waals surface area contributed by atoms with Gasteiger partial charge in [-0.2, -0.15) is 0 Å². The molecule has 0 spiro atoms. The standard InChI is InChI=1S/C30H56N2O3/c1-5-6-9-26-29(23-12-11-22(18-23)21(2)10-13-28(34)35-4)27(33)20-24-19-25(14-15-30(24,26)3)32-17-8-7-16-31/h21-27,29,32-33H,5-20,31H2,1-4H3/t21-,22+,23?,24-,25+,26?,27-,29?,30+/m1/s1. The van der Waals surface area contributed by atoms with Crippen molar-refractivity contribution in [3.63, 3.8) is 0 Å². The fourth-order valence-electron chi connectivity index (χ4n) is 8.38. The largest absolute Gasteiger partial charge is 0.469 e. The summed E-state index contributed by atoms with van der Waals surface area (Å²) in [5.41, 5.74) is 6.04. The molecule has 204 valence electrons. The number of hydrogen-bond acceptors (Lipinski definition) is 5. The van der Waals surface area contributed by atoms with Gasteiger partial charge in [-0.05, 0) is 125 Å². The zero-order chi connectivity index (χ0) is 25.4. The molecule has 0 radical (unpaired) electrons. The Morgan fingerprint density at radius 3 is 2.69 bits per heavy atom. The number of carbonyl (C=O) groups excluding carboxylic acids is 1. The minimum Gasteiger partial charge on any atom is -0.469 e. The van der Waals surface area contributed by atoms with Gasteiger partial charge in [-0.25, -0.2) is 0 Å². The van der Waals surface area contributed by atoms with E-state index in [0.29, 0.717) is 53.4 Å². The molecular weight excluding hydrogens is 436 g/mol. The normalized spacial score (nSPS) is 38.2. The van der Waals surface area contributed by atoms with E-state index in [1.807, 2.05) is 0 Å². The Bertz CT molecular complexity index is 643. The van der Waals surface area contributed by atoms with Crippen molar-refractivity contribution in [2.45, 2.75) is 123 Å². The predicted octanol–water partition coefficient (Wildman–Crippen LogP) is 5.68. The monoisotopic (exact) mass is 492 g/mol. The van der Waals surface area contributed by atoms with Crippen LogP contribution in [0.3, 0.4) is 0 Å². The van der Waals surface area contributed by atoms with Crippen LogP contribution in [0.15, 0.2) is 0 Å². The van der Waals surface area contributed by atoms with E-state index < -0.39 is 0 Å². The highest BCUT2D eigenvalue weighted by Gasteiger charge is 2.55. The lowest BCUT2D eigenvalue weighted by atomic mass is 9.48. The highest BCUT2D eigenvalue weighted by molar-refractivity contribution is 5.69. The Balaban J connectivity index is 1.65. The average molecular weight is 493 g/mol. The molecule has 4 N–H and O–H groups in total. The summed E-state index contributed by atoms with van der Waals surface area (Å²) in [6.45, 7) is 9.08. The second-order valence-corrected chi connectivity index (χ2v) is 12.7. The number of fused-ring (bicyclic) bond motifs is 1. The van der Waals surface area contributed by atoms with Gasteiger partial charge >= 0.3 is 5.97 Å². The molecule has 3 unspecified atom stereocenters. The van der Waals surface area contributed by atoms with Gasteiger partial charge in [-0.1, -0.05) is 33.6 Å². The van der Waals surface area contributed by atoms with Crippen LogP contribution in [0.4, 0.5) is 0 Å². The van der Waals surface area contributed by atoms with Gasteiger partial charge in [-0.3, -0.25) is 4.79 Å². The number of ether oxygens (including phenoxy) is 1. The number of rotatable bonds is 13. The molecule has 5 nitrogen and oxygen atoms in total. The van der Waals surface area contributed by atoms with Gasteiger partial charge in [0.15, 0.2) is 0 Å². The quantitative estimate of drug-likeness (QED) is 0.227. The van der Waals surface area contributed by atoms with E-state index in [4.69, 9.17) is 10.5 Å². The third-order valence-corrected chi connectivity index (χ3v) is 10.6. The maximum atomic E-state index is 11.6. The number of nitrogens with two attached hydrogens (primary N) is 1. The molecule has 0 aromatic rings. The predicted molar refractivity (Wildman–Crippen MR) is 144 cm³/mol. The summed E-state index contributed by atoms with van der Waals surface area (Å²) in [5, 5.41) is 15.4.